The smallest absolute Gasteiger partial charge is 0.338 e. The molecule has 0 aliphatic carbocycles. The number of rotatable bonds is 3. The van der Waals surface area contributed by atoms with Crippen molar-refractivity contribution >= 4 is 46.5 Å². The molecule has 1 aliphatic rings. The molecule has 1 aromatic carbocycles. The molecule has 0 saturated carbocycles. The van der Waals surface area contributed by atoms with Crippen LogP contribution in [0.2, 0.25) is 10.0 Å². The number of carbonyl (C=O) groups is 1. The van der Waals surface area contributed by atoms with Gasteiger partial charge in [-0.15, -0.1) is 0 Å². The van der Waals surface area contributed by atoms with E-state index in [4.69, 9.17) is 40.2 Å². The Hall–Kier alpha value is -1.30. The molecule has 0 radical (unpaired) electrons. The first-order valence-electron chi connectivity index (χ1n) is 6.73. The number of thiocarbonyl (C=S) groups is 1. The predicted octanol–water partition coefficient (Wildman–Crippen LogP) is 3.69. The molecule has 2 rings (SSSR count). The van der Waals surface area contributed by atoms with Crippen LogP contribution in [0.4, 0.5) is 0 Å². The Morgan fingerprint density at radius 3 is 2.73 bits per heavy atom. The number of carbonyl (C=O) groups excluding carboxylic acids is 1. The maximum atomic E-state index is 12.4. The van der Waals surface area contributed by atoms with Crippen LogP contribution in [-0.4, -0.2) is 29.6 Å². The molecule has 1 aromatic rings. The first kappa shape index (κ1) is 17.1. The van der Waals surface area contributed by atoms with Crippen LogP contribution >= 0.6 is 35.4 Å². The summed E-state index contributed by atoms with van der Waals surface area (Å²) in [5.74, 6) is -0.391. The van der Waals surface area contributed by atoms with Crippen molar-refractivity contribution in [1.29, 1.82) is 0 Å². The van der Waals surface area contributed by atoms with Gasteiger partial charge in [0.05, 0.1) is 18.2 Å². The van der Waals surface area contributed by atoms with E-state index in [1.54, 1.807) is 37.1 Å². The molecular weight excluding hydrogens is 343 g/mol. The van der Waals surface area contributed by atoms with Gasteiger partial charge in [-0.2, -0.15) is 0 Å². The Balaban J connectivity index is 2.55. The Labute approximate surface area is 145 Å². The lowest BCUT2D eigenvalue weighted by Crippen LogP contribution is -2.46. The highest BCUT2D eigenvalue weighted by molar-refractivity contribution is 7.80. The molecule has 7 heteroatoms. The average molecular weight is 359 g/mol. The third kappa shape index (κ3) is 3.21. The number of ether oxygens (including phenoxy) is 1. The molecular formula is C15H16Cl2N2O2S. The van der Waals surface area contributed by atoms with Crippen LogP contribution in [0.15, 0.2) is 29.5 Å². The molecule has 0 unspecified atom stereocenters. The van der Waals surface area contributed by atoms with Gasteiger partial charge in [-0.1, -0.05) is 29.3 Å². The van der Waals surface area contributed by atoms with Gasteiger partial charge < -0.3 is 15.0 Å². The van der Waals surface area contributed by atoms with E-state index in [2.05, 4.69) is 5.32 Å². The number of benzene rings is 1. The first-order chi connectivity index (χ1) is 10.4. The van der Waals surface area contributed by atoms with E-state index in [1.165, 1.54) is 0 Å². The number of hydrogen-bond acceptors (Lipinski definition) is 3. The van der Waals surface area contributed by atoms with E-state index in [1.807, 2.05) is 6.92 Å². The highest BCUT2D eigenvalue weighted by Gasteiger charge is 2.34. The molecule has 0 bridgehead atoms. The molecule has 22 heavy (non-hydrogen) atoms. The summed E-state index contributed by atoms with van der Waals surface area (Å²) in [5.41, 5.74) is 1.95. The van der Waals surface area contributed by atoms with E-state index in [9.17, 15) is 4.79 Å². The quantitative estimate of drug-likeness (QED) is 0.659. The van der Waals surface area contributed by atoms with Gasteiger partial charge in [0.1, 0.15) is 0 Å². The monoisotopic (exact) mass is 358 g/mol. The summed E-state index contributed by atoms with van der Waals surface area (Å²) in [4.78, 5) is 14.1. The molecule has 0 spiro atoms. The molecule has 0 fully saturated rings. The maximum absolute atomic E-state index is 12.4. The van der Waals surface area contributed by atoms with E-state index < -0.39 is 12.0 Å². The zero-order valence-corrected chi connectivity index (χ0v) is 14.8. The number of esters is 1. The molecule has 0 aromatic heterocycles. The second-order valence-electron chi connectivity index (χ2n) is 4.83. The molecule has 118 valence electrons. The topological polar surface area (TPSA) is 41.6 Å². The summed E-state index contributed by atoms with van der Waals surface area (Å²) in [6.45, 7) is 3.89. The predicted molar refractivity (Wildman–Crippen MR) is 92.0 cm³/mol. The second-order valence-corrected chi connectivity index (χ2v) is 6.06. The van der Waals surface area contributed by atoms with Gasteiger partial charge in [-0.25, -0.2) is 4.79 Å². The van der Waals surface area contributed by atoms with Crippen molar-refractivity contribution in [3.63, 3.8) is 0 Å². The van der Waals surface area contributed by atoms with Crippen LogP contribution in [0.1, 0.15) is 25.5 Å². The van der Waals surface area contributed by atoms with Crippen LogP contribution in [0.25, 0.3) is 0 Å². The lowest BCUT2D eigenvalue weighted by Gasteiger charge is -2.35. The van der Waals surface area contributed by atoms with Crippen LogP contribution < -0.4 is 5.32 Å². The number of halogens is 2. The Kier molecular flexibility index (Phi) is 5.32. The normalized spacial score (nSPS) is 18.3. The van der Waals surface area contributed by atoms with Crippen LogP contribution in [0, 0.1) is 0 Å². The van der Waals surface area contributed by atoms with Crippen molar-refractivity contribution in [1.82, 2.24) is 10.2 Å². The summed E-state index contributed by atoms with van der Waals surface area (Å²) < 4.78 is 5.17. The second kappa shape index (κ2) is 6.86. The molecule has 4 nitrogen and oxygen atoms in total. The molecule has 0 saturated heterocycles. The van der Waals surface area contributed by atoms with Crippen molar-refractivity contribution in [2.75, 3.05) is 13.7 Å². The average Bonchev–Trinajstić information content (AvgIpc) is 2.44. The summed E-state index contributed by atoms with van der Waals surface area (Å²) >= 11 is 17.5. The van der Waals surface area contributed by atoms with Gasteiger partial charge in [0.25, 0.3) is 0 Å². The van der Waals surface area contributed by atoms with E-state index in [-0.39, 0.29) is 0 Å². The van der Waals surface area contributed by atoms with Crippen LogP contribution in [0.5, 0.6) is 0 Å². The number of allylic oxidation sites excluding steroid dienone is 1. The first-order valence-corrected chi connectivity index (χ1v) is 7.90. The highest BCUT2D eigenvalue weighted by atomic mass is 35.5. The fourth-order valence-electron chi connectivity index (χ4n) is 2.28. The summed E-state index contributed by atoms with van der Waals surface area (Å²) in [6, 6.07) is 4.68. The van der Waals surface area contributed by atoms with E-state index in [0.29, 0.717) is 27.3 Å². The Morgan fingerprint density at radius 1 is 1.45 bits per heavy atom. The fraction of sp³-hybridized carbons (Fsp3) is 0.333. The zero-order valence-electron chi connectivity index (χ0n) is 12.4. The van der Waals surface area contributed by atoms with Crippen molar-refractivity contribution in [2.45, 2.75) is 19.9 Å². The molecule has 0 amide bonds. The third-order valence-corrected chi connectivity index (χ3v) is 4.48. The third-order valence-electron chi connectivity index (χ3n) is 3.52. The standard InChI is InChI=1S/C15H16Cl2N2O2S/c1-4-21-14(20)12-8(2)19(3)15(22)18-13(12)10-6-5-9(16)7-11(10)17/h5-7,13H,4H2,1-3H3,(H,18,22)/t13-/m0/s1. The largest absolute Gasteiger partial charge is 0.463 e. The number of hydrogen-bond donors (Lipinski definition) is 1. The molecule has 1 heterocycles. The number of nitrogens with zero attached hydrogens (tertiary/aromatic N) is 1. The van der Waals surface area contributed by atoms with E-state index >= 15 is 0 Å². The van der Waals surface area contributed by atoms with Crippen molar-refractivity contribution in [2.24, 2.45) is 0 Å². The maximum Gasteiger partial charge on any atom is 0.338 e. The summed E-state index contributed by atoms with van der Waals surface area (Å²) in [7, 11) is 1.80. The van der Waals surface area contributed by atoms with Crippen LogP contribution in [-0.2, 0) is 9.53 Å². The minimum atomic E-state index is -0.465. The van der Waals surface area contributed by atoms with Gasteiger partial charge in [-0.05, 0) is 43.8 Å². The Morgan fingerprint density at radius 2 is 2.14 bits per heavy atom. The number of nitrogens with one attached hydrogen (secondary N) is 1. The summed E-state index contributed by atoms with van der Waals surface area (Å²) in [6.07, 6.45) is 0. The Bertz CT molecular complexity index is 661. The van der Waals surface area contributed by atoms with Gasteiger partial charge in [-0.3, -0.25) is 0 Å². The van der Waals surface area contributed by atoms with Gasteiger partial charge in [0.2, 0.25) is 0 Å². The lowest BCUT2D eigenvalue weighted by molar-refractivity contribution is -0.139. The zero-order chi connectivity index (χ0) is 16.4. The van der Waals surface area contributed by atoms with Crippen molar-refractivity contribution < 1.29 is 9.53 Å². The van der Waals surface area contributed by atoms with Crippen molar-refractivity contribution in [3.05, 3.63) is 45.1 Å². The molecule has 1 atom stereocenters. The fourth-order valence-corrected chi connectivity index (χ4v) is 3.05. The van der Waals surface area contributed by atoms with Crippen molar-refractivity contribution in [3.8, 4) is 0 Å². The summed E-state index contributed by atoms with van der Waals surface area (Å²) in [5, 5.41) is 4.64. The van der Waals surface area contributed by atoms with Gasteiger partial charge in [0, 0.05) is 22.8 Å². The molecule has 1 N–H and O–H groups in total. The van der Waals surface area contributed by atoms with E-state index in [0.717, 1.165) is 11.3 Å². The van der Waals surface area contributed by atoms with Gasteiger partial charge in [0.15, 0.2) is 5.11 Å². The van der Waals surface area contributed by atoms with Gasteiger partial charge >= 0.3 is 5.97 Å². The minimum absolute atomic E-state index is 0.296. The van der Waals surface area contributed by atoms with Crippen LogP contribution in [0.3, 0.4) is 0 Å². The highest BCUT2D eigenvalue weighted by Crippen LogP contribution is 2.35. The lowest BCUT2D eigenvalue weighted by atomic mass is 9.95. The molecule has 1 aliphatic heterocycles. The minimum Gasteiger partial charge on any atom is -0.463 e. The SMILES string of the molecule is CCOC(=O)C1=C(C)N(C)C(=S)N[C@H]1c1ccc(Cl)cc1Cl.